The number of carbonyl (C=O) groups excluding carboxylic acids is 1. The summed E-state index contributed by atoms with van der Waals surface area (Å²) in [5.41, 5.74) is 2.54. The molecular weight excluding hydrogens is 386 g/mol. The van der Waals surface area contributed by atoms with Crippen LogP contribution >= 0.6 is 15.9 Å². The smallest absolute Gasteiger partial charge is 0.248 e. The van der Waals surface area contributed by atoms with E-state index in [4.69, 9.17) is 14.2 Å². The molecule has 0 saturated carbocycles. The summed E-state index contributed by atoms with van der Waals surface area (Å²) in [6.07, 6.45) is 3.14. The van der Waals surface area contributed by atoms with E-state index >= 15 is 0 Å². The highest BCUT2D eigenvalue weighted by atomic mass is 79.9. The van der Waals surface area contributed by atoms with E-state index in [1.807, 2.05) is 25.1 Å². The summed E-state index contributed by atoms with van der Waals surface area (Å²) in [4.78, 5) is 12.1. The number of hydrogen-bond acceptors (Lipinski definition) is 4. The van der Waals surface area contributed by atoms with Gasteiger partial charge in [0, 0.05) is 16.2 Å². The molecule has 0 fully saturated rings. The molecule has 0 saturated heterocycles. The third-order valence-electron chi connectivity index (χ3n) is 3.54. The van der Waals surface area contributed by atoms with E-state index in [0.717, 1.165) is 21.3 Å². The zero-order chi connectivity index (χ0) is 18.4. The van der Waals surface area contributed by atoms with Crippen LogP contribution in [-0.2, 0) is 4.79 Å². The zero-order valence-electron chi connectivity index (χ0n) is 14.6. The van der Waals surface area contributed by atoms with Gasteiger partial charge in [-0.15, -0.1) is 0 Å². The summed E-state index contributed by atoms with van der Waals surface area (Å²) >= 11 is 3.44. The molecule has 0 atom stereocenters. The Bertz CT molecular complexity index is 777. The minimum absolute atomic E-state index is 0.226. The maximum absolute atomic E-state index is 12.1. The molecule has 132 valence electrons. The molecule has 0 radical (unpaired) electrons. The summed E-state index contributed by atoms with van der Waals surface area (Å²) in [6.45, 7) is 1.96. The second-order valence-corrected chi connectivity index (χ2v) is 6.10. The number of anilines is 1. The highest BCUT2D eigenvalue weighted by Crippen LogP contribution is 2.38. The van der Waals surface area contributed by atoms with Gasteiger partial charge < -0.3 is 19.5 Å². The van der Waals surface area contributed by atoms with Gasteiger partial charge in [-0.1, -0.05) is 15.9 Å². The van der Waals surface area contributed by atoms with Gasteiger partial charge in [0.05, 0.1) is 21.3 Å². The summed E-state index contributed by atoms with van der Waals surface area (Å²) in [7, 11) is 4.64. The summed E-state index contributed by atoms with van der Waals surface area (Å²) in [5.74, 6) is 1.35. The second kappa shape index (κ2) is 8.58. The van der Waals surface area contributed by atoms with Crippen LogP contribution in [0.25, 0.3) is 6.08 Å². The third-order valence-corrected chi connectivity index (χ3v) is 4.43. The molecule has 0 unspecified atom stereocenters. The van der Waals surface area contributed by atoms with Crippen LogP contribution in [0.3, 0.4) is 0 Å². The van der Waals surface area contributed by atoms with Crippen LogP contribution in [-0.4, -0.2) is 27.2 Å². The van der Waals surface area contributed by atoms with Gasteiger partial charge in [-0.3, -0.25) is 4.79 Å². The maximum atomic E-state index is 12.1. The summed E-state index contributed by atoms with van der Waals surface area (Å²) in [6, 6.07) is 9.18. The fourth-order valence-corrected chi connectivity index (χ4v) is 2.52. The number of amides is 1. The summed E-state index contributed by atoms with van der Waals surface area (Å²) < 4.78 is 16.9. The van der Waals surface area contributed by atoms with Crippen molar-refractivity contribution >= 4 is 33.6 Å². The third kappa shape index (κ3) is 4.76. The minimum Gasteiger partial charge on any atom is -0.493 e. The van der Waals surface area contributed by atoms with Gasteiger partial charge in [0.15, 0.2) is 11.5 Å². The van der Waals surface area contributed by atoms with Gasteiger partial charge in [-0.25, -0.2) is 0 Å². The van der Waals surface area contributed by atoms with Gasteiger partial charge >= 0.3 is 0 Å². The first-order valence-electron chi connectivity index (χ1n) is 7.53. The molecule has 5 nitrogen and oxygen atoms in total. The van der Waals surface area contributed by atoms with Crippen molar-refractivity contribution in [1.82, 2.24) is 0 Å². The van der Waals surface area contributed by atoms with E-state index in [2.05, 4.69) is 21.2 Å². The lowest BCUT2D eigenvalue weighted by atomic mass is 10.1. The normalized spacial score (nSPS) is 10.6. The molecule has 0 aliphatic heterocycles. The van der Waals surface area contributed by atoms with Crippen LogP contribution < -0.4 is 19.5 Å². The molecular formula is C19H20BrNO4. The van der Waals surface area contributed by atoms with Gasteiger partial charge in [-0.2, -0.15) is 0 Å². The van der Waals surface area contributed by atoms with Gasteiger partial charge in [0.25, 0.3) is 0 Å². The Kier molecular flexibility index (Phi) is 6.47. The highest BCUT2D eigenvalue weighted by molar-refractivity contribution is 9.10. The van der Waals surface area contributed by atoms with E-state index in [9.17, 15) is 4.79 Å². The Labute approximate surface area is 155 Å². The SMILES string of the molecule is COc1cc(/C=C/C(=O)Nc2ccc(Br)c(C)c2)cc(OC)c1OC. The van der Waals surface area contributed by atoms with Crippen molar-refractivity contribution in [2.45, 2.75) is 6.92 Å². The number of carbonyl (C=O) groups is 1. The van der Waals surface area contributed by atoms with E-state index in [1.165, 1.54) is 6.08 Å². The Balaban J connectivity index is 2.17. The number of ether oxygens (including phenoxy) is 3. The molecule has 0 aliphatic carbocycles. The van der Waals surface area contributed by atoms with E-state index in [-0.39, 0.29) is 5.91 Å². The van der Waals surface area contributed by atoms with Crippen LogP contribution in [0.1, 0.15) is 11.1 Å². The molecule has 0 aliphatic rings. The summed E-state index contributed by atoms with van der Waals surface area (Å²) in [5, 5.41) is 2.83. The molecule has 0 aromatic heterocycles. The van der Waals surface area contributed by atoms with Gasteiger partial charge in [0.2, 0.25) is 11.7 Å². The molecule has 6 heteroatoms. The van der Waals surface area contributed by atoms with Gasteiger partial charge in [-0.05, 0) is 54.5 Å². The fourth-order valence-electron chi connectivity index (χ4n) is 2.28. The fraction of sp³-hybridized carbons (Fsp3) is 0.211. The van der Waals surface area contributed by atoms with Crippen LogP contribution in [0.4, 0.5) is 5.69 Å². The molecule has 1 amide bonds. The lowest BCUT2D eigenvalue weighted by molar-refractivity contribution is -0.111. The standard InChI is InChI=1S/C19H20BrNO4/c1-12-9-14(6-7-15(12)20)21-18(22)8-5-13-10-16(23-2)19(25-4)17(11-13)24-3/h5-11H,1-4H3,(H,21,22)/b8-5+. The predicted molar refractivity (Wildman–Crippen MR) is 103 cm³/mol. The van der Waals surface area contributed by atoms with Crippen molar-refractivity contribution in [3.05, 3.63) is 52.0 Å². The van der Waals surface area contributed by atoms with Crippen LogP contribution in [0.15, 0.2) is 40.9 Å². The molecule has 0 spiro atoms. The first-order valence-corrected chi connectivity index (χ1v) is 8.33. The average molecular weight is 406 g/mol. The number of rotatable bonds is 6. The molecule has 2 aromatic rings. The lowest BCUT2D eigenvalue weighted by Gasteiger charge is -2.12. The van der Waals surface area contributed by atoms with Crippen molar-refractivity contribution < 1.29 is 19.0 Å². The van der Waals surface area contributed by atoms with Crippen molar-refractivity contribution in [1.29, 1.82) is 0 Å². The minimum atomic E-state index is -0.226. The van der Waals surface area contributed by atoms with Crippen molar-refractivity contribution in [3.63, 3.8) is 0 Å². The molecule has 2 rings (SSSR count). The topological polar surface area (TPSA) is 56.8 Å². The van der Waals surface area contributed by atoms with Crippen molar-refractivity contribution in [2.75, 3.05) is 26.6 Å². The first-order chi connectivity index (χ1) is 12.0. The predicted octanol–water partition coefficient (Wildman–Crippen LogP) is 4.44. The number of hydrogen-bond donors (Lipinski definition) is 1. The Morgan fingerprint density at radius 3 is 2.20 bits per heavy atom. The average Bonchev–Trinajstić information content (AvgIpc) is 2.62. The molecule has 0 bridgehead atoms. The van der Waals surface area contributed by atoms with E-state index in [0.29, 0.717) is 17.2 Å². The number of benzene rings is 2. The van der Waals surface area contributed by atoms with E-state index in [1.54, 1.807) is 39.5 Å². The number of nitrogens with one attached hydrogen (secondary N) is 1. The Morgan fingerprint density at radius 2 is 1.68 bits per heavy atom. The Hall–Kier alpha value is -2.47. The lowest BCUT2D eigenvalue weighted by Crippen LogP contribution is -2.07. The monoisotopic (exact) mass is 405 g/mol. The Morgan fingerprint density at radius 1 is 1.04 bits per heavy atom. The zero-order valence-corrected chi connectivity index (χ0v) is 16.1. The highest BCUT2D eigenvalue weighted by Gasteiger charge is 2.12. The number of aryl methyl sites for hydroxylation is 1. The quantitative estimate of drug-likeness (QED) is 0.721. The molecule has 0 heterocycles. The molecule has 25 heavy (non-hydrogen) atoms. The van der Waals surface area contributed by atoms with Crippen LogP contribution in [0, 0.1) is 6.92 Å². The van der Waals surface area contributed by atoms with Gasteiger partial charge in [0.1, 0.15) is 0 Å². The van der Waals surface area contributed by atoms with Crippen LogP contribution in [0.2, 0.25) is 0 Å². The second-order valence-electron chi connectivity index (χ2n) is 5.25. The van der Waals surface area contributed by atoms with Crippen molar-refractivity contribution in [2.24, 2.45) is 0 Å². The van der Waals surface area contributed by atoms with Crippen molar-refractivity contribution in [3.8, 4) is 17.2 Å². The number of halogens is 1. The van der Waals surface area contributed by atoms with E-state index < -0.39 is 0 Å². The largest absolute Gasteiger partial charge is 0.493 e. The molecule has 1 N–H and O–H groups in total. The maximum Gasteiger partial charge on any atom is 0.248 e. The number of methoxy groups -OCH3 is 3. The molecule has 2 aromatic carbocycles. The van der Waals surface area contributed by atoms with Crippen LogP contribution in [0.5, 0.6) is 17.2 Å². The first kappa shape index (κ1) is 18.9.